The van der Waals surface area contributed by atoms with Gasteiger partial charge in [-0.1, -0.05) is 64.1 Å². The summed E-state index contributed by atoms with van der Waals surface area (Å²) in [5, 5.41) is 28.2. The summed E-state index contributed by atoms with van der Waals surface area (Å²) in [5.41, 5.74) is 5.54. The lowest BCUT2D eigenvalue weighted by Gasteiger charge is -2.29. The molecule has 0 aliphatic heterocycles. The topological polar surface area (TPSA) is 115 Å². The van der Waals surface area contributed by atoms with Crippen LogP contribution >= 0.6 is 0 Å². The summed E-state index contributed by atoms with van der Waals surface area (Å²) in [5.74, 6) is 1.38. The van der Waals surface area contributed by atoms with E-state index >= 15 is 0 Å². The van der Waals surface area contributed by atoms with Gasteiger partial charge in [0.05, 0.1) is 18.8 Å². The van der Waals surface area contributed by atoms with E-state index < -0.39 is 32.3 Å². The van der Waals surface area contributed by atoms with E-state index in [9.17, 15) is 9.90 Å². The van der Waals surface area contributed by atoms with Gasteiger partial charge in [-0.05, 0) is 79.2 Å². The van der Waals surface area contributed by atoms with E-state index in [0.29, 0.717) is 23.8 Å². The standard InChI is InChI=1S/C34H46O8/c1-6-8-25-9-11-26(12-10-25)29-14-13-27(17-22(29)3)30-15-16-31(39-20-41-33(37)23(4)18-35)32(28(30)7-2)40-21-42-34(38)24(5)19-36/h13-17,25-26,33,35-37H,4-12,18-21H2,1-3H3. The predicted octanol–water partition coefficient (Wildman–Crippen LogP) is 5.95. The molecule has 0 heterocycles. The van der Waals surface area contributed by atoms with Crippen molar-refractivity contribution >= 4 is 5.97 Å². The Hall–Kier alpha value is -3.17. The fourth-order valence-electron chi connectivity index (χ4n) is 5.64. The number of rotatable bonds is 16. The first-order chi connectivity index (χ1) is 20.2. The molecular formula is C34H46O8. The number of aliphatic hydroxyl groups excluding tert-OH is 3. The SMILES string of the molecule is C=C(CO)C(=O)OCOc1c(OCOC(O)C(=C)CO)ccc(-c2ccc(C3CCC(CCC)CC3)c(C)c2)c1CC. The maximum Gasteiger partial charge on any atom is 0.338 e. The Morgan fingerprint density at radius 1 is 1.00 bits per heavy atom. The summed E-state index contributed by atoms with van der Waals surface area (Å²) >= 11 is 0. The third-order valence-corrected chi connectivity index (χ3v) is 8.01. The van der Waals surface area contributed by atoms with Crippen molar-refractivity contribution in [2.75, 3.05) is 26.8 Å². The molecule has 3 N–H and O–H groups in total. The van der Waals surface area contributed by atoms with Gasteiger partial charge in [0.1, 0.15) is 0 Å². The molecule has 0 spiro atoms. The molecule has 1 unspecified atom stereocenters. The lowest BCUT2D eigenvalue weighted by Crippen LogP contribution is -2.20. The summed E-state index contributed by atoms with van der Waals surface area (Å²) in [4.78, 5) is 12.0. The molecule has 0 aromatic heterocycles. The summed E-state index contributed by atoms with van der Waals surface area (Å²) in [6.45, 7) is 11.8. The molecule has 1 aliphatic carbocycles. The van der Waals surface area contributed by atoms with Crippen molar-refractivity contribution in [3.8, 4) is 22.6 Å². The number of hydrogen-bond donors (Lipinski definition) is 3. The highest BCUT2D eigenvalue weighted by molar-refractivity contribution is 5.87. The molecule has 42 heavy (non-hydrogen) atoms. The van der Waals surface area contributed by atoms with Gasteiger partial charge in [0.2, 0.25) is 6.79 Å². The quantitative estimate of drug-likeness (QED) is 0.0964. The molecular weight excluding hydrogens is 536 g/mol. The normalized spacial score (nSPS) is 17.4. The molecule has 0 amide bonds. The van der Waals surface area contributed by atoms with Crippen molar-refractivity contribution in [1.82, 2.24) is 0 Å². The van der Waals surface area contributed by atoms with Crippen LogP contribution in [0.1, 0.15) is 75.0 Å². The van der Waals surface area contributed by atoms with Gasteiger partial charge in [-0.15, -0.1) is 0 Å². The van der Waals surface area contributed by atoms with Crippen LogP contribution in [-0.4, -0.2) is 54.4 Å². The van der Waals surface area contributed by atoms with Gasteiger partial charge in [0.15, 0.2) is 24.6 Å². The van der Waals surface area contributed by atoms with E-state index in [1.807, 2.05) is 13.0 Å². The fraction of sp³-hybridized carbons (Fsp3) is 0.500. The molecule has 8 nitrogen and oxygen atoms in total. The van der Waals surface area contributed by atoms with E-state index in [0.717, 1.165) is 22.6 Å². The first kappa shape index (κ1) is 33.3. The van der Waals surface area contributed by atoms with Gasteiger partial charge in [-0.25, -0.2) is 4.79 Å². The van der Waals surface area contributed by atoms with Crippen LogP contribution in [0.15, 0.2) is 54.6 Å². The maximum atomic E-state index is 12.0. The van der Waals surface area contributed by atoms with Crippen LogP contribution in [0, 0.1) is 12.8 Å². The summed E-state index contributed by atoms with van der Waals surface area (Å²) in [6, 6.07) is 10.3. The zero-order chi connectivity index (χ0) is 30.6. The molecule has 1 saturated carbocycles. The van der Waals surface area contributed by atoms with Gasteiger partial charge in [-0.3, -0.25) is 0 Å². The zero-order valence-electron chi connectivity index (χ0n) is 25.2. The van der Waals surface area contributed by atoms with Crippen LogP contribution in [0.25, 0.3) is 11.1 Å². The first-order valence-corrected chi connectivity index (χ1v) is 14.8. The Bertz CT molecular complexity index is 1210. The van der Waals surface area contributed by atoms with Crippen molar-refractivity contribution in [3.05, 3.63) is 71.3 Å². The Balaban J connectivity index is 1.86. The number of esters is 1. The third kappa shape index (κ3) is 8.67. The second-order valence-electron chi connectivity index (χ2n) is 10.9. The van der Waals surface area contributed by atoms with E-state index in [4.69, 9.17) is 29.2 Å². The smallest absolute Gasteiger partial charge is 0.338 e. The van der Waals surface area contributed by atoms with Crippen molar-refractivity contribution in [2.24, 2.45) is 5.92 Å². The minimum atomic E-state index is -1.39. The van der Waals surface area contributed by atoms with Crippen molar-refractivity contribution < 1.29 is 39.1 Å². The Morgan fingerprint density at radius 2 is 1.74 bits per heavy atom. The molecule has 8 heteroatoms. The molecule has 1 aliphatic rings. The molecule has 0 saturated heterocycles. The van der Waals surface area contributed by atoms with Gasteiger partial charge >= 0.3 is 5.97 Å². The average Bonchev–Trinajstić information content (AvgIpc) is 3.00. The molecule has 0 bridgehead atoms. The van der Waals surface area contributed by atoms with Crippen LogP contribution < -0.4 is 9.47 Å². The minimum absolute atomic E-state index is 0.0829. The van der Waals surface area contributed by atoms with Crippen molar-refractivity contribution in [3.63, 3.8) is 0 Å². The van der Waals surface area contributed by atoms with E-state index in [1.54, 1.807) is 6.07 Å². The fourth-order valence-corrected chi connectivity index (χ4v) is 5.64. The summed E-state index contributed by atoms with van der Waals surface area (Å²) in [6.07, 6.45) is 6.85. The van der Waals surface area contributed by atoms with E-state index in [-0.39, 0.29) is 17.9 Å². The van der Waals surface area contributed by atoms with Crippen LogP contribution in [0.3, 0.4) is 0 Å². The van der Waals surface area contributed by atoms with Crippen molar-refractivity contribution in [1.29, 1.82) is 0 Å². The van der Waals surface area contributed by atoms with E-state index in [1.165, 1.54) is 49.7 Å². The monoisotopic (exact) mass is 582 g/mol. The van der Waals surface area contributed by atoms with Gasteiger partial charge < -0.3 is 34.3 Å². The van der Waals surface area contributed by atoms with E-state index in [2.05, 4.69) is 45.2 Å². The minimum Gasteiger partial charge on any atom is -0.464 e. The Morgan fingerprint density at radius 3 is 2.36 bits per heavy atom. The van der Waals surface area contributed by atoms with Crippen LogP contribution in [0.4, 0.5) is 0 Å². The Kier molecular flexibility index (Phi) is 13.1. The number of hydrogen-bond acceptors (Lipinski definition) is 8. The molecule has 3 rings (SSSR count). The maximum absolute atomic E-state index is 12.0. The lowest BCUT2D eigenvalue weighted by atomic mass is 9.76. The summed E-state index contributed by atoms with van der Waals surface area (Å²) < 4.78 is 22.1. The molecule has 0 radical (unpaired) electrons. The second-order valence-corrected chi connectivity index (χ2v) is 10.9. The zero-order valence-corrected chi connectivity index (χ0v) is 25.2. The van der Waals surface area contributed by atoms with Gasteiger partial charge in [-0.2, -0.15) is 0 Å². The molecule has 1 atom stereocenters. The van der Waals surface area contributed by atoms with Crippen molar-refractivity contribution in [2.45, 2.75) is 77.9 Å². The number of carbonyl (C=O) groups excluding carboxylic acids is 1. The van der Waals surface area contributed by atoms with Gasteiger partial charge in [0, 0.05) is 11.1 Å². The predicted molar refractivity (Wildman–Crippen MR) is 162 cm³/mol. The van der Waals surface area contributed by atoms with Crippen LogP contribution in [-0.2, 0) is 20.7 Å². The highest BCUT2D eigenvalue weighted by atomic mass is 16.7. The molecule has 230 valence electrons. The van der Waals surface area contributed by atoms with Crippen LogP contribution in [0.5, 0.6) is 11.5 Å². The highest BCUT2D eigenvalue weighted by Gasteiger charge is 2.24. The third-order valence-electron chi connectivity index (χ3n) is 8.01. The number of benzene rings is 2. The largest absolute Gasteiger partial charge is 0.464 e. The second kappa shape index (κ2) is 16.5. The average molecular weight is 583 g/mol. The Labute approximate surface area is 249 Å². The number of ether oxygens (including phenoxy) is 4. The van der Waals surface area contributed by atoms with Gasteiger partial charge in [0.25, 0.3) is 0 Å². The lowest BCUT2D eigenvalue weighted by molar-refractivity contribution is -0.146. The summed E-state index contributed by atoms with van der Waals surface area (Å²) in [7, 11) is 0. The highest BCUT2D eigenvalue weighted by Crippen LogP contribution is 2.42. The number of aliphatic hydroxyl groups is 3. The van der Waals surface area contributed by atoms with Crippen LogP contribution in [0.2, 0.25) is 0 Å². The molecule has 2 aromatic rings. The number of carbonyl (C=O) groups is 1. The molecule has 1 fully saturated rings. The number of aryl methyl sites for hydroxylation is 1. The molecule has 2 aromatic carbocycles. The first-order valence-electron chi connectivity index (χ1n) is 14.8.